The van der Waals surface area contributed by atoms with Gasteiger partial charge >= 0.3 is 0 Å². The Labute approximate surface area is 110 Å². The maximum atomic E-state index is 12.2. The number of rotatable bonds is 4. The van der Waals surface area contributed by atoms with Gasteiger partial charge in [-0.3, -0.25) is 14.8 Å². The number of aromatic nitrogens is 2. The molecule has 2 N–H and O–H groups in total. The lowest BCUT2D eigenvalue weighted by Crippen LogP contribution is -2.32. The zero-order valence-corrected chi connectivity index (χ0v) is 10.5. The number of benzene rings is 1. The van der Waals surface area contributed by atoms with E-state index in [1.54, 1.807) is 24.5 Å². The molecule has 1 amide bonds. The Balaban J connectivity index is 1.82. The number of hydrogen-bond acceptors (Lipinski definition) is 4. The number of hydrogen-bond donors (Lipinski definition) is 2. The molecule has 0 aliphatic heterocycles. The van der Waals surface area contributed by atoms with E-state index in [9.17, 15) is 9.90 Å². The second kappa shape index (κ2) is 4.59. The molecular weight excluding hydrogens is 242 g/mol. The van der Waals surface area contributed by atoms with Crippen molar-refractivity contribution < 1.29 is 9.90 Å². The Morgan fingerprint density at radius 2 is 2.11 bits per heavy atom. The minimum absolute atomic E-state index is 0.0913. The van der Waals surface area contributed by atoms with Gasteiger partial charge in [0.15, 0.2) is 0 Å². The van der Waals surface area contributed by atoms with Gasteiger partial charge < -0.3 is 10.4 Å². The molecule has 0 atom stereocenters. The number of amides is 1. The molecule has 1 saturated carbocycles. The molecule has 0 unspecified atom stereocenters. The number of nitrogens with one attached hydrogen (secondary N) is 1. The SMILES string of the molecule is O=C(NCC1(CO)CC1)c1cccc2nccnc12. The summed E-state index contributed by atoms with van der Waals surface area (Å²) in [6, 6.07) is 5.37. The van der Waals surface area contributed by atoms with Crippen LogP contribution in [-0.4, -0.2) is 34.1 Å². The Morgan fingerprint density at radius 1 is 1.32 bits per heavy atom. The van der Waals surface area contributed by atoms with E-state index >= 15 is 0 Å². The van der Waals surface area contributed by atoms with E-state index in [0.29, 0.717) is 23.1 Å². The van der Waals surface area contributed by atoms with Crippen LogP contribution in [0.2, 0.25) is 0 Å². The normalized spacial score (nSPS) is 16.3. The molecule has 3 rings (SSSR count). The Hall–Kier alpha value is -2.01. The topological polar surface area (TPSA) is 75.1 Å². The molecule has 0 bridgehead atoms. The molecule has 5 nitrogen and oxygen atoms in total. The first-order valence-electron chi connectivity index (χ1n) is 6.33. The van der Waals surface area contributed by atoms with Gasteiger partial charge in [-0.2, -0.15) is 0 Å². The summed E-state index contributed by atoms with van der Waals surface area (Å²) in [6.45, 7) is 0.640. The largest absolute Gasteiger partial charge is 0.396 e. The first-order valence-corrected chi connectivity index (χ1v) is 6.33. The summed E-state index contributed by atoms with van der Waals surface area (Å²) in [6.07, 6.45) is 5.13. The fourth-order valence-corrected chi connectivity index (χ4v) is 2.11. The molecule has 1 fully saturated rings. The number of para-hydroxylation sites is 1. The zero-order valence-electron chi connectivity index (χ0n) is 10.5. The third-order valence-electron chi connectivity index (χ3n) is 3.66. The lowest BCUT2D eigenvalue weighted by atomic mass is 10.1. The standard InChI is InChI=1S/C14H15N3O2/c18-9-14(4-5-14)8-17-13(19)10-2-1-3-11-12(10)16-7-6-15-11/h1-3,6-7,18H,4-5,8-9H2,(H,17,19). The lowest BCUT2D eigenvalue weighted by molar-refractivity contribution is 0.0936. The van der Waals surface area contributed by atoms with Crippen molar-refractivity contribution in [2.75, 3.05) is 13.2 Å². The van der Waals surface area contributed by atoms with E-state index in [1.807, 2.05) is 6.07 Å². The average molecular weight is 257 g/mol. The van der Waals surface area contributed by atoms with Gasteiger partial charge in [-0.15, -0.1) is 0 Å². The summed E-state index contributed by atoms with van der Waals surface area (Å²) in [5.41, 5.74) is 1.75. The Kier molecular flexibility index (Phi) is 2.91. The Morgan fingerprint density at radius 3 is 2.84 bits per heavy atom. The number of fused-ring (bicyclic) bond motifs is 1. The van der Waals surface area contributed by atoms with Crippen molar-refractivity contribution in [3.63, 3.8) is 0 Å². The van der Waals surface area contributed by atoms with E-state index in [0.717, 1.165) is 12.8 Å². The van der Waals surface area contributed by atoms with Crippen molar-refractivity contribution in [2.45, 2.75) is 12.8 Å². The van der Waals surface area contributed by atoms with Gasteiger partial charge in [0.25, 0.3) is 5.91 Å². The van der Waals surface area contributed by atoms with Crippen molar-refractivity contribution >= 4 is 16.9 Å². The number of nitrogens with zero attached hydrogens (tertiary/aromatic N) is 2. The zero-order chi connectivity index (χ0) is 13.3. The monoisotopic (exact) mass is 257 g/mol. The van der Waals surface area contributed by atoms with E-state index in [1.165, 1.54) is 0 Å². The molecule has 1 aromatic heterocycles. The summed E-state index contributed by atoms with van der Waals surface area (Å²) in [7, 11) is 0. The van der Waals surface area contributed by atoms with Crippen molar-refractivity contribution in [1.82, 2.24) is 15.3 Å². The van der Waals surface area contributed by atoms with Crippen LogP contribution in [0.4, 0.5) is 0 Å². The van der Waals surface area contributed by atoms with Crippen LogP contribution >= 0.6 is 0 Å². The van der Waals surface area contributed by atoms with E-state index in [2.05, 4.69) is 15.3 Å². The van der Waals surface area contributed by atoms with Gasteiger partial charge in [-0.05, 0) is 25.0 Å². The maximum Gasteiger partial charge on any atom is 0.253 e. The van der Waals surface area contributed by atoms with Crippen LogP contribution < -0.4 is 5.32 Å². The van der Waals surface area contributed by atoms with Crippen LogP contribution in [0.1, 0.15) is 23.2 Å². The fourth-order valence-electron chi connectivity index (χ4n) is 2.11. The van der Waals surface area contributed by atoms with Gasteiger partial charge in [0.05, 0.1) is 17.7 Å². The van der Waals surface area contributed by atoms with Crippen molar-refractivity contribution in [1.29, 1.82) is 0 Å². The van der Waals surface area contributed by atoms with Crippen molar-refractivity contribution in [2.24, 2.45) is 5.41 Å². The second-order valence-corrected chi connectivity index (χ2v) is 5.07. The molecule has 19 heavy (non-hydrogen) atoms. The smallest absolute Gasteiger partial charge is 0.253 e. The molecule has 1 heterocycles. The van der Waals surface area contributed by atoms with Crippen LogP contribution in [0, 0.1) is 5.41 Å². The van der Waals surface area contributed by atoms with Crippen LogP contribution in [0.5, 0.6) is 0 Å². The number of carbonyl (C=O) groups is 1. The van der Waals surface area contributed by atoms with Gasteiger partial charge in [0.1, 0.15) is 5.52 Å². The third kappa shape index (κ3) is 2.29. The van der Waals surface area contributed by atoms with Crippen LogP contribution in [0.3, 0.4) is 0 Å². The molecule has 1 aliphatic carbocycles. The molecule has 5 heteroatoms. The fraction of sp³-hybridized carbons (Fsp3) is 0.357. The molecule has 1 aromatic carbocycles. The molecular formula is C14H15N3O2. The first kappa shape index (κ1) is 12.0. The third-order valence-corrected chi connectivity index (χ3v) is 3.66. The van der Waals surface area contributed by atoms with Crippen LogP contribution in [0.25, 0.3) is 11.0 Å². The summed E-state index contributed by atoms with van der Waals surface area (Å²) in [4.78, 5) is 20.6. The molecule has 0 saturated heterocycles. The summed E-state index contributed by atoms with van der Waals surface area (Å²) < 4.78 is 0. The molecule has 98 valence electrons. The molecule has 1 aliphatic rings. The number of carbonyl (C=O) groups excluding carboxylic acids is 1. The predicted molar refractivity (Wildman–Crippen MR) is 70.6 cm³/mol. The van der Waals surface area contributed by atoms with Gasteiger partial charge in [0, 0.05) is 24.4 Å². The minimum atomic E-state index is -0.161. The molecule has 0 radical (unpaired) electrons. The number of aliphatic hydroxyl groups excluding tert-OH is 1. The lowest BCUT2D eigenvalue weighted by Gasteiger charge is -2.13. The molecule has 2 aromatic rings. The number of aliphatic hydroxyl groups is 1. The van der Waals surface area contributed by atoms with Gasteiger partial charge in [-0.25, -0.2) is 0 Å². The van der Waals surface area contributed by atoms with E-state index in [-0.39, 0.29) is 17.9 Å². The second-order valence-electron chi connectivity index (χ2n) is 5.07. The van der Waals surface area contributed by atoms with Crippen LogP contribution in [-0.2, 0) is 0 Å². The van der Waals surface area contributed by atoms with E-state index < -0.39 is 0 Å². The highest BCUT2D eigenvalue weighted by Crippen LogP contribution is 2.44. The summed E-state index contributed by atoms with van der Waals surface area (Å²) >= 11 is 0. The highest BCUT2D eigenvalue weighted by atomic mass is 16.3. The van der Waals surface area contributed by atoms with E-state index in [4.69, 9.17) is 0 Å². The van der Waals surface area contributed by atoms with Gasteiger partial charge in [0.2, 0.25) is 0 Å². The van der Waals surface area contributed by atoms with Crippen molar-refractivity contribution in [3.8, 4) is 0 Å². The highest BCUT2D eigenvalue weighted by Gasteiger charge is 2.42. The predicted octanol–water partition coefficient (Wildman–Crippen LogP) is 1.13. The summed E-state index contributed by atoms with van der Waals surface area (Å²) in [5.74, 6) is -0.161. The molecule has 0 spiro atoms. The van der Waals surface area contributed by atoms with Crippen molar-refractivity contribution in [3.05, 3.63) is 36.2 Å². The highest BCUT2D eigenvalue weighted by molar-refractivity contribution is 6.04. The quantitative estimate of drug-likeness (QED) is 0.861. The first-order chi connectivity index (χ1) is 9.24. The maximum absolute atomic E-state index is 12.2. The average Bonchev–Trinajstić information content (AvgIpc) is 3.25. The summed E-state index contributed by atoms with van der Waals surface area (Å²) in [5, 5.41) is 12.1. The van der Waals surface area contributed by atoms with Gasteiger partial charge in [-0.1, -0.05) is 6.07 Å². The van der Waals surface area contributed by atoms with Crippen LogP contribution in [0.15, 0.2) is 30.6 Å². The minimum Gasteiger partial charge on any atom is -0.396 e. The Bertz CT molecular complexity index is 618.